The molecule has 0 radical (unpaired) electrons. The van der Waals surface area contributed by atoms with E-state index in [1.165, 1.54) is 4.31 Å². The molecule has 5 nitrogen and oxygen atoms in total. The van der Waals surface area contributed by atoms with E-state index in [1.54, 1.807) is 11.4 Å². The third kappa shape index (κ3) is 4.86. The van der Waals surface area contributed by atoms with Crippen molar-refractivity contribution in [1.29, 1.82) is 0 Å². The molecule has 2 atom stereocenters. The Morgan fingerprint density at radius 3 is 2.58 bits per heavy atom. The topological polar surface area (TPSA) is 66.6 Å². The molecule has 0 aromatic heterocycles. The van der Waals surface area contributed by atoms with Gasteiger partial charge in [-0.15, -0.1) is 12.4 Å². The van der Waals surface area contributed by atoms with Crippen LogP contribution >= 0.6 is 12.4 Å². The molecular formula is C12H28ClN3O2S. The first-order valence-corrected chi connectivity index (χ1v) is 8.29. The highest BCUT2D eigenvalue weighted by atomic mass is 35.5. The normalized spacial score (nSPS) is 23.1. The monoisotopic (exact) mass is 313 g/mol. The summed E-state index contributed by atoms with van der Waals surface area (Å²) in [5.74, 6) is 0. The zero-order valence-electron chi connectivity index (χ0n) is 12.2. The summed E-state index contributed by atoms with van der Waals surface area (Å²) in [5.41, 5.74) is 5.93. The summed E-state index contributed by atoms with van der Waals surface area (Å²) in [6.45, 7) is 5.14. The lowest BCUT2D eigenvalue weighted by Crippen LogP contribution is -2.55. The van der Waals surface area contributed by atoms with Gasteiger partial charge < -0.3 is 5.73 Å². The fourth-order valence-electron chi connectivity index (χ4n) is 2.42. The van der Waals surface area contributed by atoms with E-state index in [1.807, 2.05) is 6.92 Å². The van der Waals surface area contributed by atoms with Crippen molar-refractivity contribution in [2.75, 3.05) is 20.1 Å². The Morgan fingerprint density at radius 1 is 1.42 bits per heavy atom. The first-order chi connectivity index (χ1) is 8.41. The van der Waals surface area contributed by atoms with Gasteiger partial charge in [-0.2, -0.15) is 17.0 Å². The zero-order valence-corrected chi connectivity index (χ0v) is 13.8. The number of nitrogens with zero attached hydrogens (tertiary/aromatic N) is 2. The minimum Gasteiger partial charge on any atom is -0.326 e. The van der Waals surface area contributed by atoms with Crippen molar-refractivity contribution in [2.24, 2.45) is 5.73 Å². The molecule has 1 heterocycles. The van der Waals surface area contributed by atoms with E-state index in [9.17, 15) is 8.42 Å². The smallest absolute Gasteiger partial charge is 0.282 e. The minimum atomic E-state index is -3.34. The molecular weight excluding hydrogens is 286 g/mol. The Labute approximate surface area is 124 Å². The second-order valence-corrected chi connectivity index (χ2v) is 7.20. The largest absolute Gasteiger partial charge is 0.326 e. The highest BCUT2D eigenvalue weighted by Gasteiger charge is 2.36. The molecule has 0 saturated carbocycles. The average molecular weight is 314 g/mol. The van der Waals surface area contributed by atoms with Crippen LogP contribution in [0.2, 0.25) is 0 Å². The molecule has 0 spiro atoms. The predicted octanol–water partition coefficient (Wildman–Crippen LogP) is 1.59. The summed E-state index contributed by atoms with van der Waals surface area (Å²) >= 11 is 0. The van der Waals surface area contributed by atoms with Gasteiger partial charge in [0.15, 0.2) is 0 Å². The second kappa shape index (κ2) is 8.42. The van der Waals surface area contributed by atoms with Gasteiger partial charge in [0.1, 0.15) is 0 Å². The van der Waals surface area contributed by atoms with Crippen molar-refractivity contribution in [3.05, 3.63) is 0 Å². The highest BCUT2D eigenvalue weighted by Crippen LogP contribution is 2.23. The molecule has 1 saturated heterocycles. The van der Waals surface area contributed by atoms with Crippen molar-refractivity contribution in [2.45, 2.75) is 58.0 Å². The SMILES string of the molecule is CCCCN(C)S(=O)(=O)N1CCCCC1C(C)N.Cl. The van der Waals surface area contributed by atoms with Crippen LogP contribution in [-0.2, 0) is 10.2 Å². The Balaban J connectivity index is 0.00000324. The lowest BCUT2D eigenvalue weighted by Gasteiger charge is -2.38. The van der Waals surface area contributed by atoms with Gasteiger partial charge in [-0.1, -0.05) is 19.8 Å². The summed E-state index contributed by atoms with van der Waals surface area (Å²) in [6, 6.07) is -0.160. The molecule has 0 aromatic carbocycles. The third-order valence-electron chi connectivity index (χ3n) is 3.62. The molecule has 1 rings (SSSR count). The number of hydrogen-bond donors (Lipinski definition) is 1. The van der Waals surface area contributed by atoms with Crippen molar-refractivity contribution in [3.8, 4) is 0 Å². The minimum absolute atomic E-state index is 0. The van der Waals surface area contributed by atoms with E-state index in [4.69, 9.17) is 5.73 Å². The molecule has 7 heteroatoms. The maximum absolute atomic E-state index is 12.5. The van der Waals surface area contributed by atoms with Crippen LogP contribution in [0.25, 0.3) is 0 Å². The van der Waals surface area contributed by atoms with Crippen molar-refractivity contribution in [1.82, 2.24) is 8.61 Å². The van der Waals surface area contributed by atoms with E-state index in [0.29, 0.717) is 13.1 Å². The van der Waals surface area contributed by atoms with Gasteiger partial charge in [-0.3, -0.25) is 0 Å². The van der Waals surface area contributed by atoms with E-state index in [2.05, 4.69) is 6.92 Å². The van der Waals surface area contributed by atoms with Gasteiger partial charge >= 0.3 is 0 Å². The molecule has 0 bridgehead atoms. The van der Waals surface area contributed by atoms with E-state index < -0.39 is 10.2 Å². The van der Waals surface area contributed by atoms with Crippen LogP contribution in [0.15, 0.2) is 0 Å². The number of nitrogens with two attached hydrogens (primary N) is 1. The molecule has 1 fully saturated rings. The van der Waals surface area contributed by atoms with Gasteiger partial charge in [0.2, 0.25) is 0 Å². The lowest BCUT2D eigenvalue weighted by molar-refractivity contribution is 0.213. The summed E-state index contributed by atoms with van der Waals surface area (Å²) in [4.78, 5) is 0. The Hall–Kier alpha value is 0.120. The molecule has 2 unspecified atom stereocenters. The lowest BCUT2D eigenvalue weighted by atomic mass is 10.00. The Morgan fingerprint density at radius 2 is 2.05 bits per heavy atom. The quantitative estimate of drug-likeness (QED) is 0.809. The number of unbranched alkanes of at least 4 members (excludes halogenated alkanes) is 1. The summed E-state index contributed by atoms with van der Waals surface area (Å²) < 4.78 is 28.1. The average Bonchev–Trinajstić information content (AvgIpc) is 2.35. The van der Waals surface area contributed by atoms with Gasteiger partial charge in [0, 0.05) is 32.2 Å². The predicted molar refractivity (Wildman–Crippen MR) is 81.7 cm³/mol. The number of piperidine rings is 1. The molecule has 0 aromatic rings. The molecule has 116 valence electrons. The number of hydrogen-bond acceptors (Lipinski definition) is 3. The zero-order chi connectivity index (χ0) is 13.8. The van der Waals surface area contributed by atoms with Gasteiger partial charge in [-0.25, -0.2) is 0 Å². The van der Waals surface area contributed by atoms with Crippen LogP contribution in [-0.4, -0.2) is 49.2 Å². The van der Waals surface area contributed by atoms with Gasteiger partial charge in [0.05, 0.1) is 0 Å². The molecule has 19 heavy (non-hydrogen) atoms. The number of halogens is 1. The third-order valence-corrected chi connectivity index (χ3v) is 5.64. The standard InChI is InChI=1S/C12H27N3O2S.ClH/c1-4-5-9-14(3)18(16,17)15-10-7-6-8-12(15)11(2)13;/h11-12H,4-10,13H2,1-3H3;1H. The molecule has 1 aliphatic rings. The van der Waals surface area contributed by atoms with Crippen LogP contribution in [0, 0.1) is 0 Å². The molecule has 0 aliphatic carbocycles. The van der Waals surface area contributed by atoms with Crippen LogP contribution in [0.1, 0.15) is 46.0 Å². The molecule has 2 N–H and O–H groups in total. The van der Waals surface area contributed by atoms with Crippen molar-refractivity contribution < 1.29 is 8.42 Å². The summed E-state index contributed by atoms with van der Waals surface area (Å²) in [6.07, 6.45) is 4.77. The maximum Gasteiger partial charge on any atom is 0.282 e. The second-order valence-electron chi connectivity index (χ2n) is 5.22. The number of rotatable bonds is 6. The van der Waals surface area contributed by atoms with Crippen LogP contribution in [0.4, 0.5) is 0 Å². The van der Waals surface area contributed by atoms with Crippen LogP contribution in [0.3, 0.4) is 0 Å². The van der Waals surface area contributed by atoms with Crippen LogP contribution < -0.4 is 5.73 Å². The maximum atomic E-state index is 12.5. The first-order valence-electron chi connectivity index (χ1n) is 6.90. The fraction of sp³-hybridized carbons (Fsp3) is 1.00. The Kier molecular flexibility index (Phi) is 8.47. The summed E-state index contributed by atoms with van der Waals surface area (Å²) in [7, 11) is -1.68. The highest BCUT2D eigenvalue weighted by molar-refractivity contribution is 7.86. The molecule has 0 amide bonds. The van der Waals surface area contributed by atoms with Crippen LogP contribution in [0.5, 0.6) is 0 Å². The van der Waals surface area contributed by atoms with Gasteiger partial charge in [0.25, 0.3) is 10.2 Å². The van der Waals surface area contributed by atoms with E-state index in [-0.39, 0.29) is 24.5 Å². The van der Waals surface area contributed by atoms with E-state index >= 15 is 0 Å². The van der Waals surface area contributed by atoms with Crippen molar-refractivity contribution in [3.63, 3.8) is 0 Å². The van der Waals surface area contributed by atoms with Crippen molar-refractivity contribution >= 4 is 22.6 Å². The Bertz CT molecular complexity index is 349. The van der Waals surface area contributed by atoms with Gasteiger partial charge in [-0.05, 0) is 26.2 Å². The molecule has 1 aliphatic heterocycles. The first kappa shape index (κ1) is 19.1. The summed E-state index contributed by atoms with van der Waals surface area (Å²) in [5, 5.41) is 0. The van der Waals surface area contributed by atoms with E-state index in [0.717, 1.165) is 32.1 Å². The fourth-order valence-corrected chi connectivity index (χ4v) is 4.14.